The molecule has 1 heterocycles. The molecule has 0 amide bonds. The van der Waals surface area contributed by atoms with Crippen molar-refractivity contribution in [1.82, 2.24) is 8.61 Å². The molecule has 1 saturated heterocycles. The van der Waals surface area contributed by atoms with Crippen molar-refractivity contribution in [2.45, 2.75) is 38.1 Å². The predicted molar refractivity (Wildman–Crippen MR) is 61.8 cm³/mol. The fourth-order valence-corrected chi connectivity index (χ4v) is 3.37. The first kappa shape index (κ1) is 13.4. The monoisotopic (exact) mass is 245 g/mol. The zero-order valence-corrected chi connectivity index (χ0v) is 10.7. The van der Waals surface area contributed by atoms with Gasteiger partial charge in [-0.2, -0.15) is 22.3 Å². The molecule has 0 aromatic rings. The van der Waals surface area contributed by atoms with Gasteiger partial charge in [0.1, 0.15) is 0 Å². The molecular weight excluding hydrogens is 226 g/mol. The highest BCUT2D eigenvalue weighted by atomic mass is 32.2. The minimum Gasteiger partial charge on any atom is -0.198 e. The molecule has 1 unspecified atom stereocenters. The molecule has 0 spiro atoms. The molecule has 1 atom stereocenters. The molecule has 1 aliphatic heterocycles. The number of nitrogens with zero attached hydrogens (tertiary/aromatic N) is 3. The van der Waals surface area contributed by atoms with Crippen LogP contribution in [0.3, 0.4) is 0 Å². The molecule has 1 fully saturated rings. The molecule has 0 saturated carbocycles. The number of hydrogen-bond donors (Lipinski definition) is 0. The smallest absolute Gasteiger partial charge is 0.198 e. The third kappa shape index (κ3) is 2.94. The summed E-state index contributed by atoms with van der Waals surface area (Å²) < 4.78 is 26.9. The van der Waals surface area contributed by atoms with Crippen LogP contribution in [0.1, 0.15) is 32.1 Å². The second-order valence-electron chi connectivity index (χ2n) is 4.25. The van der Waals surface area contributed by atoms with Gasteiger partial charge in [0.2, 0.25) is 0 Å². The van der Waals surface area contributed by atoms with Crippen LogP contribution in [0.15, 0.2) is 0 Å². The Balaban J connectivity index is 2.78. The summed E-state index contributed by atoms with van der Waals surface area (Å²) in [5.74, 6) is 0. The van der Waals surface area contributed by atoms with Gasteiger partial charge in [0.15, 0.2) is 0 Å². The molecule has 0 N–H and O–H groups in total. The lowest BCUT2D eigenvalue weighted by Crippen LogP contribution is -2.48. The van der Waals surface area contributed by atoms with Crippen molar-refractivity contribution in [3.8, 4) is 6.07 Å². The van der Waals surface area contributed by atoms with Crippen LogP contribution in [-0.2, 0) is 10.2 Å². The summed E-state index contributed by atoms with van der Waals surface area (Å²) in [6, 6.07) is 2.08. The SMILES string of the molecule is CN(C)S(=O)(=O)N1CCCCC1CCC#N. The van der Waals surface area contributed by atoms with Gasteiger partial charge in [-0.05, 0) is 19.3 Å². The minimum atomic E-state index is -3.32. The van der Waals surface area contributed by atoms with Gasteiger partial charge < -0.3 is 0 Å². The number of nitriles is 1. The fraction of sp³-hybridized carbons (Fsp3) is 0.900. The molecule has 0 bridgehead atoms. The van der Waals surface area contributed by atoms with Gasteiger partial charge in [0, 0.05) is 33.1 Å². The second kappa shape index (κ2) is 5.62. The van der Waals surface area contributed by atoms with Crippen molar-refractivity contribution in [3.63, 3.8) is 0 Å². The molecule has 0 aromatic carbocycles. The topological polar surface area (TPSA) is 64.4 Å². The highest BCUT2D eigenvalue weighted by molar-refractivity contribution is 7.86. The summed E-state index contributed by atoms with van der Waals surface area (Å²) in [6.45, 7) is 0.580. The maximum atomic E-state index is 12.0. The van der Waals surface area contributed by atoms with E-state index in [0.717, 1.165) is 19.3 Å². The van der Waals surface area contributed by atoms with E-state index in [9.17, 15) is 8.42 Å². The Kier molecular flexibility index (Phi) is 4.71. The maximum absolute atomic E-state index is 12.0. The average molecular weight is 245 g/mol. The number of rotatable bonds is 4. The molecule has 0 radical (unpaired) electrons. The summed E-state index contributed by atoms with van der Waals surface area (Å²) in [4.78, 5) is 0. The van der Waals surface area contributed by atoms with E-state index in [0.29, 0.717) is 19.4 Å². The summed E-state index contributed by atoms with van der Waals surface area (Å²) in [7, 11) is -0.228. The molecule has 5 nitrogen and oxygen atoms in total. The number of hydrogen-bond acceptors (Lipinski definition) is 3. The predicted octanol–water partition coefficient (Wildman–Crippen LogP) is 0.951. The van der Waals surface area contributed by atoms with E-state index >= 15 is 0 Å². The molecule has 92 valence electrons. The number of piperidine rings is 1. The fourth-order valence-electron chi connectivity index (χ4n) is 2.01. The Labute approximate surface area is 97.8 Å². The van der Waals surface area contributed by atoms with Crippen LogP contribution < -0.4 is 0 Å². The average Bonchev–Trinajstić information content (AvgIpc) is 2.26. The van der Waals surface area contributed by atoms with Gasteiger partial charge in [0.05, 0.1) is 6.07 Å². The van der Waals surface area contributed by atoms with Gasteiger partial charge in [-0.15, -0.1) is 0 Å². The van der Waals surface area contributed by atoms with E-state index in [-0.39, 0.29) is 6.04 Å². The van der Waals surface area contributed by atoms with Crippen LogP contribution >= 0.6 is 0 Å². The second-order valence-corrected chi connectivity index (χ2v) is 6.34. The van der Waals surface area contributed by atoms with Crippen molar-refractivity contribution in [2.24, 2.45) is 0 Å². The van der Waals surface area contributed by atoms with Crippen LogP contribution in [-0.4, -0.2) is 43.7 Å². The molecule has 16 heavy (non-hydrogen) atoms. The molecule has 1 aliphatic rings. The van der Waals surface area contributed by atoms with Crippen LogP contribution in [0.2, 0.25) is 0 Å². The zero-order valence-electron chi connectivity index (χ0n) is 9.89. The molecule has 6 heteroatoms. The van der Waals surface area contributed by atoms with Gasteiger partial charge in [0.25, 0.3) is 10.2 Å². The van der Waals surface area contributed by atoms with Crippen LogP contribution in [0.5, 0.6) is 0 Å². The Bertz CT molecular complexity index is 359. The molecule has 1 rings (SSSR count). The summed E-state index contributed by atoms with van der Waals surface area (Å²) in [5.41, 5.74) is 0. The van der Waals surface area contributed by atoms with Crippen molar-refractivity contribution >= 4 is 10.2 Å². The van der Waals surface area contributed by atoms with Gasteiger partial charge >= 0.3 is 0 Å². The normalized spacial score (nSPS) is 23.2. The van der Waals surface area contributed by atoms with Crippen LogP contribution in [0.4, 0.5) is 0 Å². The van der Waals surface area contributed by atoms with Crippen molar-refractivity contribution < 1.29 is 8.42 Å². The summed E-state index contributed by atoms with van der Waals surface area (Å²) in [5, 5.41) is 8.57. The first-order valence-electron chi connectivity index (χ1n) is 5.56. The first-order valence-corrected chi connectivity index (χ1v) is 6.96. The highest BCUT2D eigenvalue weighted by Crippen LogP contribution is 2.24. The maximum Gasteiger partial charge on any atom is 0.281 e. The lowest BCUT2D eigenvalue weighted by atomic mass is 10.0. The first-order chi connectivity index (χ1) is 7.50. The van der Waals surface area contributed by atoms with E-state index < -0.39 is 10.2 Å². The van der Waals surface area contributed by atoms with Gasteiger partial charge in [-0.1, -0.05) is 6.42 Å². The lowest BCUT2D eigenvalue weighted by Gasteiger charge is -2.35. The molecule has 0 aliphatic carbocycles. The van der Waals surface area contributed by atoms with E-state index in [1.165, 1.54) is 4.31 Å². The Hall–Kier alpha value is -0.640. The lowest BCUT2D eigenvalue weighted by molar-refractivity contribution is 0.231. The quantitative estimate of drug-likeness (QED) is 0.740. The van der Waals surface area contributed by atoms with E-state index in [1.54, 1.807) is 18.4 Å². The third-order valence-corrected chi connectivity index (χ3v) is 4.92. The van der Waals surface area contributed by atoms with E-state index in [2.05, 4.69) is 6.07 Å². The van der Waals surface area contributed by atoms with Crippen LogP contribution in [0.25, 0.3) is 0 Å². The standard InChI is InChI=1S/C10H19N3O2S/c1-12(2)16(14,15)13-9-4-3-6-10(13)7-5-8-11/h10H,3-7,9H2,1-2H3. The third-order valence-electron chi connectivity index (χ3n) is 2.92. The summed E-state index contributed by atoms with van der Waals surface area (Å²) >= 11 is 0. The van der Waals surface area contributed by atoms with Crippen molar-refractivity contribution in [3.05, 3.63) is 0 Å². The van der Waals surface area contributed by atoms with Gasteiger partial charge in [-0.3, -0.25) is 0 Å². The van der Waals surface area contributed by atoms with Gasteiger partial charge in [-0.25, -0.2) is 0 Å². The van der Waals surface area contributed by atoms with E-state index in [4.69, 9.17) is 5.26 Å². The minimum absolute atomic E-state index is 0.000741. The highest BCUT2D eigenvalue weighted by Gasteiger charge is 2.33. The van der Waals surface area contributed by atoms with Crippen LogP contribution in [0, 0.1) is 11.3 Å². The Morgan fingerprint density at radius 2 is 2.12 bits per heavy atom. The molecular formula is C10H19N3O2S. The Morgan fingerprint density at radius 3 is 2.69 bits per heavy atom. The van der Waals surface area contributed by atoms with Crippen molar-refractivity contribution in [2.75, 3.05) is 20.6 Å². The Morgan fingerprint density at radius 1 is 1.44 bits per heavy atom. The van der Waals surface area contributed by atoms with Crippen molar-refractivity contribution in [1.29, 1.82) is 5.26 Å². The zero-order chi connectivity index (χ0) is 12.2. The molecule has 0 aromatic heterocycles. The van der Waals surface area contributed by atoms with E-state index in [1.807, 2.05) is 0 Å². The largest absolute Gasteiger partial charge is 0.281 e. The summed E-state index contributed by atoms with van der Waals surface area (Å²) in [6.07, 6.45) is 3.90.